The van der Waals surface area contributed by atoms with E-state index in [2.05, 4.69) is 14.1 Å². The highest BCUT2D eigenvalue weighted by molar-refractivity contribution is 5.79. The van der Waals surface area contributed by atoms with Gasteiger partial charge < -0.3 is 18.7 Å². The van der Waals surface area contributed by atoms with E-state index >= 15 is 0 Å². The van der Waals surface area contributed by atoms with Gasteiger partial charge in [0.15, 0.2) is 0 Å². The number of quaternary nitrogens is 1. The fourth-order valence-corrected chi connectivity index (χ4v) is 4.73. The van der Waals surface area contributed by atoms with Crippen LogP contribution in [0.25, 0.3) is 0 Å². The molecule has 1 unspecified atom stereocenters. The highest BCUT2D eigenvalue weighted by Crippen LogP contribution is 2.51. The normalized spacial score (nSPS) is 34.5. The van der Waals surface area contributed by atoms with Gasteiger partial charge in [-0.25, -0.2) is 0 Å². The molecule has 0 amide bonds. The molecule has 0 aromatic heterocycles. The molecule has 6 atom stereocenters. The summed E-state index contributed by atoms with van der Waals surface area (Å²) in [5, 5.41) is 0. The summed E-state index contributed by atoms with van der Waals surface area (Å²) in [6, 6.07) is 10.1. The molecule has 4 rings (SSSR count). The topological polar surface area (TPSA) is 65.1 Å². The van der Waals surface area contributed by atoms with Gasteiger partial charge in [-0.2, -0.15) is 0 Å². The van der Waals surface area contributed by atoms with Crippen molar-refractivity contribution in [3.05, 3.63) is 35.9 Å². The van der Waals surface area contributed by atoms with E-state index in [0.29, 0.717) is 24.3 Å². The van der Waals surface area contributed by atoms with Crippen LogP contribution in [-0.2, 0) is 23.8 Å². The van der Waals surface area contributed by atoms with Crippen LogP contribution in [-0.4, -0.2) is 67.5 Å². The Bertz CT molecular complexity index is 683. The van der Waals surface area contributed by atoms with Crippen LogP contribution in [0.5, 0.6) is 0 Å². The van der Waals surface area contributed by atoms with E-state index in [1.165, 1.54) is 6.92 Å². The Labute approximate surface area is 153 Å². The van der Waals surface area contributed by atoms with Crippen molar-refractivity contribution in [3.8, 4) is 0 Å². The molecule has 0 aliphatic carbocycles. The molecule has 3 aliphatic heterocycles. The van der Waals surface area contributed by atoms with E-state index in [-0.39, 0.29) is 18.7 Å². The van der Waals surface area contributed by atoms with Crippen molar-refractivity contribution in [1.29, 1.82) is 0 Å². The van der Waals surface area contributed by atoms with Crippen molar-refractivity contribution >= 4 is 11.9 Å². The minimum Gasteiger partial charge on any atom is -0.465 e. The fourth-order valence-electron chi connectivity index (χ4n) is 4.73. The molecule has 6 heteroatoms. The molecule has 6 nitrogen and oxygen atoms in total. The minimum absolute atomic E-state index is 0.00761. The molecule has 3 heterocycles. The van der Waals surface area contributed by atoms with Gasteiger partial charge in [-0.15, -0.1) is 0 Å². The number of morpholine rings is 1. The van der Waals surface area contributed by atoms with Crippen molar-refractivity contribution in [2.24, 2.45) is 0 Å². The number of nitrogens with zero attached hydrogens (tertiary/aromatic N) is 1. The molecule has 0 N–H and O–H groups in total. The van der Waals surface area contributed by atoms with E-state index in [9.17, 15) is 9.59 Å². The number of ether oxygens (including phenoxy) is 3. The zero-order chi connectivity index (χ0) is 18.5. The van der Waals surface area contributed by atoms with Crippen LogP contribution in [0.1, 0.15) is 31.2 Å². The quantitative estimate of drug-likeness (QED) is 0.454. The zero-order valence-electron chi connectivity index (χ0n) is 15.5. The molecule has 2 bridgehead atoms. The highest BCUT2D eigenvalue weighted by Gasteiger charge is 2.70. The van der Waals surface area contributed by atoms with Gasteiger partial charge in [0, 0.05) is 19.8 Å². The van der Waals surface area contributed by atoms with Gasteiger partial charge >= 0.3 is 11.9 Å². The number of carbonyl (C=O) groups excluding carboxylic acids is 2. The third kappa shape index (κ3) is 3.01. The second kappa shape index (κ2) is 6.35. The maximum Gasteiger partial charge on any atom is 0.317 e. The van der Waals surface area contributed by atoms with E-state index in [1.54, 1.807) is 0 Å². The molecule has 1 aromatic rings. The van der Waals surface area contributed by atoms with Crippen LogP contribution in [0.4, 0.5) is 0 Å². The largest absolute Gasteiger partial charge is 0.465 e. The summed E-state index contributed by atoms with van der Waals surface area (Å²) in [6.45, 7) is 1.35. The third-order valence-corrected chi connectivity index (χ3v) is 6.26. The molecule has 3 saturated heterocycles. The van der Waals surface area contributed by atoms with E-state index in [0.717, 1.165) is 22.9 Å². The van der Waals surface area contributed by atoms with Crippen molar-refractivity contribution in [1.82, 2.24) is 0 Å². The predicted molar refractivity (Wildman–Crippen MR) is 93.3 cm³/mol. The number of epoxide rings is 1. The number of rotatable bonds is 5. The number of fused-ring (bicyclic) bond motifs is 5. The Hall–Kier alpha value is -1.92. The Kier molecular flexibility index (Phi) is 4.28. The summed E-state index contributed by atoms with van der Waals surface area (Å²) >= 11 is 0. The molecule has 140 valence electrons. The summed E-state index contributed by atoms with van der Waals surface area (Å²) in [4.78, 5) is 24.1. The highest BCUT2D eigenvalue weighted by atomic mass is 16.6. The molecule has 3 aliphatic rings. The first kappa shape index (κ1) is 17.5. The number of hydrogen-bond donors (Lipinski definition) is 0. The molecule has 3 fully saturated rings. The van der Waals surface area contributed by atoms with Gasteiger partial charge in [-0.1, -0.05) is 30.3 Å². The second-order valence-electron chi connectivity index (χ2n) is 8.13. The van der Waals surface area contributed by atoms with Crippen LogP contribution >= 0.6 is 0 Å². The molecule has 0 saturated carbocycles. The third-order valence-electron chi connectivity index (χ3n) is 6.26. The van der Waals surface area contributed by atoms with E-state index in [1.807, 2.05) is 30.3 Å². The average Bonchev–Trinajstić information content (AvgIpc) is 3.34. The first-order valence-electron chi connectivity index (χ1n) is 9.25. The number of benzene rings is 1. The molecule has 26 heavy (non-hydrogen) atoms. The van der Waals surface area contributed by atoms with Crippen molar-refractivity contribution < 1.29 is 28.3 Å². The number of esters is 2. The van der Waals surface area contributed by atoms with E-state index in [4.69, 9.17) is 14.2 Å². The Morgan fingerprint density at radius 3 is 2.35 bits per heavy atom. The molecule has 0 spiro atoms. The monoisotopic (exact) mass is 360 g/mol. The first-order chi connectivity index (χ1) is 12.4. The van der Waals surface area contributed by atoms with Gasteiger partial charge in [-0.05, 0) is 5.56 Å². The smallest absolute Gasteiger partial charge is 0.317 e. The van der Waals surface area contributed by atoms with Crippen LogP contribution in [0.3, 0.4) is 0 Å². The zero-order valence-corrected chi connectivity index (χ0v) is 15.5. The lowest BCUT2D eigenvalue weighted by molar-refractivity contribution is -0.938. The van der Waals surface area contributed by atoms with Crippen LogP contribution in [0, 0.1) is 0 Å². The van der Waals surface area contributed by atoms with Gasteiger partial charge in [-0.3, -0.25) is 9.59 Å². The predicted octanol–water partition coefficient (Wildman–Crippen LogP) is 1.63. The number of carbonyl (C=O) groups is 2. The maximum absolute atomic E-state index is 12.9. The second-order valence-corrected chi connectivity index (χ2v) is 8.13. The lowest BCUT2D eigenvalue weighted by atomic mass is 9.95. The summed E-state index contributed by atoms with van der Waals surface area (Å²) < 4.78 is 17.7. The Balaban J connectivity index is 1.45. The SMILES string of the molecule is CC(=O)OC[C@@H](C(=O)OC1C[C@@H]2[C@@H]3O[C@@H]3[C@H](C1)[N+]2(C)C)c1ccccc1. The van der Waals surface area contributed by atoms with Crippen LogP contribution in [0.2, 0.25) is 0 Å². The van der Waals surface area contributed by atoms with Crippen molar-refractivity contribution in [2.75, 3.05) is 20.7 Å². The van der Waals surface area contributed by atoms with Gasteiger partial charge in [0.1, 0.15) is 42.9 Å². The lowest BCUT2D eigenvalue weighted by Crippen LogP contribution is -2.60. The van der Waals surface area contributed by atoms with Gasteiger partial charge in [0.25, 0.3) is 0 Å². The molecule has 1 aromatic carbocycles. The fraction of sp³-hybridized carbons (Fsp3) is 0.600. The van der Waals surface area contributed by atoms with Crippen LogP contribution < -0.4 is 0 Å². The Morgan fingerprint density at radius 2 is 1.77 bits per heavy atom. The van der Waals surface area contributed by atoms with Crippen molar-refractivity contribution in [2.45, 2.75) is 56.1 Å². The summed E-state index contributed by atoms with van der Waals surface area (Å²) in [5.74, 6) is -1.30. The standard InChI is InChI=1S/C20H26NO5/c1-12(22)24-11-15(13-7-5-4-6-8-13)20(23)25-14-9-16-18-19(26-18)17(10-14)21(16,2)3/h4-8,14-19H,9-11H2,1-3H3/q+1/t14?,15-,16-,17+,18+,19-/m1/s1. The van der Waals surface area contributed by atoms with E-state index < -0.39 is 11.9 Å². The maximum atomic E-state index is 12.9. The number of hydrogen-bond acceptors (Lipinski definition) is 5. The summed E-state index contributed by atoms with van der Waals surface area (Å²) in [5.41, 5.74) is 0.805. The van der Waals surface area contributed by atoms with Gasteiger partial charge in [0.2, 0.25) is 0 Å². The van der Waals surface area contributed by atoms with Gasteiger partial charge in [0.05, 0.1) is 14.1 Å². The number of piperidine rings is 1. The summed E-state index contributed by atoms with van der Waals surface area (Å²) in [7, 11) is 4.49. The Morgan fingerprint density at radius 1 is 1.15 bits per heavy atom. The molecular weight excluding hydrogens is 334 g/mol. The van der Waals surface area contributed by atoms with Crippen LogP contribution in [0.15, 0.2) is 30.3 Å². The average molecular weight is 360 g/mol. The number of likely N-dealkylation sites (N-methyl/N-ethyl adjacent to an activating group) is 1. The summed E-state index contributed by atoms with van der Waals surface area (Å²) in [6.07, 6.45) is 2.20. The van der Waals surface area contributed by atoms with Crippen molar-refractivity contribution in [3.63, 3.8) is 0 Å². The lowest BCUT2D eigenvalue weighted by Gasteiger charge is -2.45. The minimum atomic E-state index is -0.590. The first-order valence-corrected chi connectivity index (χ1v) is 9.25. The molecular formula is C20H26NO5+. The molecule has 0 radical (unpaired) electrons.